The van der Waals surface area contributed by atoms with Gasteiger partial charge in [0.15, 0.2) is 11.6 Å². The highest BCUT2D eigenvalue weighted by Crippen LogP contribution is 2.18. The summed E-state index contributed by atoms with van der Waals surface area (Å²) in [6.45, 7) is 3.61. The Morgan fingerprint density at radius 3 is 2.68 bits per heavy atom. The molecule has 0 aliphatic heterocycles. The van der Waals surface area contributed by atoms with E-state index in [0.717, 1.165) is 12.1 Å². The quantitative estimate of drug-likeness (QED) is 0.741. The standard InChI is InChI=1S/C13H20FNO3S/c1-3-15-10-11-5-6-13(12(14)9-11)18-7-4-8-19(2,16)17/h5-6,9,15H,3-4,7-8,10H2,1-2H3. The molecule has 6 heteroatoms. The van der Waals surface area contributed by atoms with Gasteiger partial charge in [-0.1, -0.05) is 13.0 Å². The maximum atomic E-state index is 13.7. The maximum Gasteiger partial charge on any atom is 0.165 e. The molecule has 1 N–H and O–H groups in total. The maximum absolute atomic E-state index is 13.7. The first-order valence-electron chi connectivity index (χ1n) is 6.22. The van der Waals surface area contributed by atoms with E-state index < -0.39 is 15.7 Å². The Morgan fingerprint density at radius 1 is 1.37 bits per heavy atom. The largest absolute Gasteiger partial charge is 0.490 e. The van der Waals surface area contributed by atoms with Crippen LogP contribution in [0.3, 0.4) is 0 Å². The topological polar surface area (TPSA) is 55.4 Å². The van der Waals surface area contributed by atoms with E-state index in [4.69, 9.17) is 4.74 Å². The Hall–Kier alpha value is -1.14. The van der Waals surface area contributed by atoms with Crippen LogP contribution in [0.1, 0.15) is 18.9 Å². The van der Waals surface area contributed by atoms with Crippen molar-refractivity contribution < 1.29 is 17.5 Å². The first-order chi connectivity index (χ1) is 8.92. The van der Waals surface area contributed by atoms with Crippen LogP contribution >= 0.6 is 0 Å². The normalized spacial score (nSPS) is 11.5. The number of benzene rings is 1. The summed E-state index contributed by atoms with van der Waals surface area (Å²) in [4.78, 5) is 0. The molecule has 0 amide bonds. The van der Waals surface area contributed by atoms with Crippen LogP contribution in [0.25, 0.3) is 0 Å². The van der Waals surface area contributed by atoms with Gasteiger partial charge in [0, 0.05) is 12.8 Å². The molecule has 0 aliphatic carbocycles. The van der Waals surface area contributed by atoms with Crippen LogP contribution < -0.4 is 10.1 Å². The SMILES string of the molecule is CCNCc1ccc(OCCCS(C)(=O)=O)c(F)c1. The second-order valence-corrected chi connectivity index (χ2v) is 6.64. The van der Waals surface area contributed by atoms with E-state index in [-0.39, 0.29) is 18.1 Å². The average Bonchev–Trinajstić information content (AvgIpc) is 2.32. The molecule has 1 aromatic carbocycles. The fourth-order valence-electron chi connectivity index (χ4n) is 1.54. The van der Waals surface area contributed by atoms with Crippen LogP contribution in [-0.2, 0) is 16.4 Å². The van der Waals surface area contributed by atoms with Gasteiger partial charge in [-0.2, -0.15) is 0 Å². The van der Waals surface area contributed by atoms with Gasteiger partial charge in [0.1, 0.15) is 9.84 Å². The second-order valence-electron chi connectivity index (χ2n) is 4.38. The number of nitrogens with one attached hydrogen (secondary N) is 1. The van der Waals surface area contributed by atoms with Crippen molar-refractivity contribution in [2.75, 3.05) is 25.2 Å². The van der Waals surface area contributed by atoms with Gasteiger partial charge in [-0.05, 0) is 30.7 Å². The number of ether oxygens (including phenoxy) is 1. The predicted octanol–water partition coefficient (Wildman–Crippen LogP) is 1.75. The summed E-state index contributed by atoms with van der Waals surface area (Å²) >= 11 is 0. The zero-order chi connectivity index (χ0) is 14.3. The molecule has 0 aliphatic rings. The van der Waals surface area contributed by atoms with E-state index >= 15 is 0 Å². The molecule has 0 atom stereocenters. The molecule has 0 saturated carbocycles. The van der Waals surface area contributed by atoms with Gasteiger partial charge in [-0.15, -0.1) is 0 Å². The van der Waals surface area contributed by atoms with Crippen molar-refractivity contribution in [1.82, 2.24) is 5.32 Å². The van der Waals surface area contributed by atoms with E-state index in [1.807, 2.05) is 6.92 Å². The third kappa shape index (κ3) is 6.54. The summed E-state index contributed by atoms with van der Waals surface area (Å²) in [5.74, 6) is -0.212. The van der Waals surface area contributed by atoms with Crippen molar-refractivity contribution >= 4 is 9.84 Å². The first kappa shape index (κ1) is 15.9. The molecule has 1 rings (SSSR count). The lowest BCUT2D eigenvalue weighted by Gasteiger charge is -2.08. The lowest BCUT2D eigenvalue weighted by molar-refractivity contribution is 0.301. The third-order valence-corrected chi connectivity index (χ3v) is 3.52. The van der Waals surface area contributed by atoms with Gasteiger partial charge in [-0.25, -0.2) is 12.8 Å². The Bertz CT molecular complexity index is 503. The van der Waals surface area contributed by atoms with E-state index in [2.05, 4.69) is 5.32 Å². The number of rotatable bonds is 8. The number of hydrogen-bond acceptors (Lipinski definition) is 4. The minimum absolute atomic E-state index is 0.0487. The Balaban J connectivity index is 2.46. The van der Waals surface area contributed by atoms with Crippen molar-refractivity contribution in [3.63, 3.8) is 0 Å². The zero-order valence-corrected chi connectivity index (χ0v) is 12.1. The molecule has 1 aromatic rings. The monoisotopic (exact) mass is 289 g/mol. The zero-order valence-electron chi connectivity index (χ0n) is 11.3. The molecule has 0 spiro atoms. The van der Waals surface area contributed by atoms with Crippen LogP contribution in [-0.4, -0.2) is 33.6 Å². The molecule has 0 saturated heterocycles. The smallest absolute Gasteiger partial charge is 0.165 e. The second kappa shape index (κ2) is 7.45. The van der Waals surface area contributed by atoms with E-state index in [0.29, 0.717) is 13.0 Å². The molecule has 0 unspecified atom stereocenters. The van der Waals surface area contributed by atoms with Gasteiger partial charge in [0.05, 0.1) is 12.4 Å². The summed E-state index contributed by atoms with van der Waals surface area (Å²) in [6, 6.07) is 4.79. The molecule has 4 nitrogen and oxygen atoms in total. The molecular formula is C13H20FNO3S. The van der Waals surface area contributed by atoms with Crippen molar-refractivity contribution in [2.24, 2.45) is 0 Å². The lowest BCUT2D eigenvalue weighted by atomic mass is 10.2. The number of halogens is 1. The van der Waals surface area contributed by atoms with Crippen LogP contribution in [0.5, 0.6) is 5.75 Å². The Kier molecular flexibility index (Phi) is 6.24. The summed E-state index contributed by atoms with van der Waals surface area (Å²) in [7, 11) is -2.99. The highest BCUT2D eigenvalue weighted by molar-refractivity contribution is 7.90. The molecule has 0 aromatic heterocycles. The molecule has 0 radical (unpaired) electrons. The summed E-state index contributed by atoms with van der Waals surface area (Å²) in [6.07, 6.45) is 1.53. The van der Waals surface area contributed by atoms with E-state index in [1.54, 1.807) is 12.1 Å². The third-order valence-electron chi connectivity index (χ3n) is 2.49. The Labute approximate surface area is 113 Å². The fraction of sp³-hybridized carbons (Fsp3) is 0.538. The van der Waals surface area contributed by atoms with Crippen LogP contribution in [0, 0.1) is 5.82 Å². The van der Waals surface area contributed by atoms with Crippen LogP contribution in [0.2, 0.25) is 0 Å². The molecule has 19 heavy (non-hydrogen) atoms. The van der Waals surface area contributed by atoms with Crippen molar-refractivity contribution in [3.8, 4) is 5.75 Å². The molecule has 0 heterocycles. The van der Waals surface area contributed by atoms with Gasteiger partial charge in [-0.3, -0.25) is 0 Å². The van der Waals surface area contributed by atoms with Crippen molar-refractivity contribution in [3.05, 3.63) is 29.6 Å². The number of hydrogen-bond donors (Lipinski definition) is 1. The summed E-state index contributed by atoms with van der Waals surface area (Å²) in [5.41, 5.74) is 0.850. The predicted molar refractivity (Wildman–Crippen MR) is 73.6 cm³/mol. The fourth-order valence-corrected chi connectivity index (χ4v) is 2.19. The van der Waals surface area contributed by atoms with Gasteiger partial charge < -0.3 is 10.1 Å². The summed E-state index contributed by atoms with van der Waals surface area (Å²) in [5, 5.41) is 3.11. The van der Waals surface area contributed by atoms with Crippen molar-refractivity contribution in [1.29, 1.82) is 0 Å². The van der Waals surface area contributed by atoms with Gasteiger partial charge in [0.25, 0.3) is 0 Å². The lowest BCUT2D eigenvalue weighted by Crippen LogP contribution is -2.12. The minimum atomic E-state index is -2.99. The highest BCUT2D eigenvalue weighted by Gasteiger charge is 2.06. The first-order valence-corrected chi connectivity index (χ1v) is 8.28. The Morgan fingerprint density at radius 2 is 2.11 bits per heavy atom. The van der Waals surface area contributed by atoms with Crippen molar-refractivity contribution in [2.45, 2.75) is 19.9 Å². The molecular weight excluding hydrogens is 269 g/mol. The average molecular weight is 289 g/mol. The van der Waals surface area contributed by atoms with E-state index in [1.165, 1.54) is 12.3 Å². The molecule has 0 fully saturated rings. The van der Waals surface area contributed by atoms with Gasteiger partial charge in [0.2, 0.25) is 0 Å². The molecule has 0 bridgehead atoms. The highest BCUT2D eigenvalue weighted by atomic mass is 32.2. The van der Waals surface area contributed by atoms with Crippen LogP contribution in [0.4, 0.5) is 4.39 Å². The van der Waals surface area contributed by atoms with Crippen LogP contribution in [0.15, 0.2) is 18.2 Å². The molecule has 108 valence electrons. The summed E-state index contributed by atoms with van der Waals surface area (Å²) < 4.78 is 40.7. The van der Waals surface area contributed by atoms with E-state index in [9.17, 15) is 12.8 Å². The number of sulfone groups is 1. The van der Waals surface area contributed by atoms with Gasteiger partial charge >= 0.3 is 0 Å². The minimum Gasteiger partial charge on any atom is -0.490 e.